The van der Waals surface area contributed by atoms with Gasteiger partial charge in [0, 0.05) is 19.3 Å². The summed E-state index contributed by atoms with van der Waals surface area (Å²) >= 11 is 0. The molecule has 0 spiro atoms. The number of hydrogen-bond acceptors (Lipinski definition) is 2. The zero-order valence-corrected chi connectivity index (χ0v) is 12.7. The maximum atomic E-state index is 3.53. The predicted molar refractivity (Wildman–Crippen MR) is 83.8 cm³/mol. The van der Waals surface area contributed by atoms with Crippen molar-refractivity contribution in [3.63, 3.8) is 0 Å². The van der Waals surface area contributed by atoms with Crippen molar-refractivity contribution in [3.8, 4) is 0 Å². The number of piperidine rings is 1. The number of nitrogens with zero attached hydrogens (tertiary/aromatic N) is 1. The minimum Gasteiger partial charge on any atom is -0.375 e. The number of hydrogen-bond donors (Lipinski definition) is 1. The van der Waals surface area contributed by atoms with Gasteiger partial charge in [-0.05, 0) is 68.8 Å². The molecule has 0 bridgehead atoms. The molecule has 0 saturated carbocycles. The molecule has 2 rings (SSSR count). The van der Waals surface area contributed by atoms with Gasteiger partial charge in [-0.3, -0.25) is 0 Å². The Hall–Kier alpha value is -1.02. The molecule has 0 radical (unpaired) electrons. The van der Waals surface area contributed by atoms with Gasteiger partial charge in [0.2, 0.25) is 0 Å². The van der Waals surface area contributed by atoms with Gasteiger partial charge in [0.15, 0.2) is 0 Å². The molecule has 1 heterocycles. The summed E-state index contributed by atoms with van der Waals surface area (Å²) in [5, 5.41) is 3.53. The lowest BCUT2D eigenvalue weighted by Gasteiger charge is -2.30. The van der Waals surface area contributed by atoms with E-state index < -0.39 is 0 Å². The summed E-state index contributed by atoms with van der Waals surface area (Å²) in [6.07, 6.45) is 4.04. The van der Waals surface area contributed by atoms with Gasteiger partial charge in [-0.2, -0.15) is 0 Å². The second-order valence-electron chi connectivity index (χ2n) is 6.13. The smallest absolute Gasteiger partial charge is 0.0366 e. The van der Waals surface area contributed by atoms with E-state index in [0.717, 1.165) is 18.4 Å². The third-order valence-electron chi connectivity index (χ3n) is 4.50. The molecule has 106 valence electrons. The highest BCUT2D eigenvalue weighted by atomic mass is 15.1. The van der Waals surface area contributed by atoms with E-state index in [1.807, 2.05) is 0 Å². The Morgan fingerprint density at radius 3 is 2.95 bits per heavy atom. The molecule has 1 aliphatic rings. The summed E-state index contributed by atoms with van der Waals surface area (Å²) in [4.78, 5) is 2.39. The number of anilines is 1. The fourth-order valence-corrected chi connectivity index (χ4v) is 2.99. The van der Waals surface area contributed by atoms with Crippen LogP contribution < -0.4 is 10.2 Å². The van der Waals surface area contributed by atoms with Crippen molar-refractivity contribution < 1.29 is 0 Å². The van der Waals surface area contributed by atoms with Gasteiger partial charge < -0.3 is 10.2 Å². The van der Waals surface area contributed by atoms with Crippen LogP contribution in [0.25, 0.3) is 0 Å². The van der Waals surface area contributed by atoms with Crippen LogP contribution in [0.3, 0.4) is 0 Å². The average molecular weight is 260 g/mol. The summed E-state index contributed by atoms with van der Waals surface area (Å²) in [6, 6.07) is 8.79. The Morgan fingerprint density at radius 2 is 2.26 bits per heavy atom. The van der Waals surface area contributed by atoms with E-state index in [0.29, 0.717) is 0 Å². The average Bonchev–Trinajstić information content (AvgIpc) is 2.45. The highest BCUT2D eigenvalue weighted by Crippen LogP contribution is 2.23. The third-order valence-corrected chi connectivity index (χ3v) is 4.50. The summed E-state index contributed by atoms with van der Waals surface area (Å²) in [7, 11) is 2.21. The largest absolute Gasteiger partial charge is 0.375 e. The molecule has 19 heavy (non-hydrogen) atoms. The lowest BCUT2D eigenvalue weighted by Crippen LogP contribution is -2.34. The minimum atomic E-state index is 0.819. The zero-order chi connectivity index (χ0) is 13.7. The summed E-state index contributed by atoms with van der Waals surface area (Å²) in [6.45, 7) is 8.16. The Bertz CT molecular complexity index is 383. The van der Waals surface area contributed by atoms with Crippen LogP contribution in [0, 0.1) is 18.8 Å². The van der Waals surface area contributed by atoms with Crippen molar-refractivity contribution in [1.29, 1.82) is 0 Å². The number of rotatable bonds is 5. The standard InChI is InChI=1S/C17H28N2/c1-14-6-4-8-17(12-14)19(3)11-9-15(2)16-7-5-10-18-13-16/h4,6,8,12,15-16,18H,5,7,9-11,13H2,1-3H3. The first-order chi connectivity index (χ1) is 9.16. The fourth-order valence-electron chi connectivity index (χ4n) is 2.99. The number of nitrogens with one attached hydrogen (secondary N) is 1. The second kappa shape index (κ2) is 6.95. The van der Waals surface area contributed by atoms with Crippen LogP contribution in [-0.2, 0) is 0 Å². The summed E-state index contributed by atoms with van der Waals surface area (Å²) in [5.74, 6) is 1.69. The van der Waals surface area contributed by atoms with Gasteiger partial charge in [0.25, 0.3) is 0 Å². The van der Waals surface area contributed by atoms with Crippen LogP contribution in [0.4, 0.5) is 5.69 Å². The maximum absolute atomic E-state index is 3.53. The molecule has 1 N–H and O–H groups in total. The zero-order valence-electron chi connectivity index (χ0n) is 12.7. The van der Waals surface area contributed by atoms with Crippen molar-refractivity contribution >= 4 is 5.69 Å². The van der Waals surface area contributed by atoms with Crippen LogP contribution in [0.5, 0.6) is 0 Å². The number of aryl methyl sites for hydroxylation is 1. The lowest BCUT2D eigenvalue weighted by atomic mass is 9.85. The first-order valence-electron chi connectivity index (χ1n) is 7.65. The van der Waals surface area contributed by atoms with Gasteiger partial charge >= 0.3 is 0 Å². The Kier molecular flexibility index (Phi) is 5.26. The molecule has 0 amide bonds. The van der Waals surface area contributed by atoms with Gasteiger partial charge in [-0.1, -0.05) is 19.1 Å². The molecule has 2 heteroatoms. The van der Waals surface area contributed by atoms with E-state index in [2.05, 4.69) is 55.4 Å². The second-order valence-corrected chi connectivity index (χ2v) is 6.13. The molecule has 1 aliphatic heterocycles. The molecule has 1 aromatic carbocycles. The Morgan fingerprint density at radius 1 is 1.42 bits per heavy atom. The Labute approximate surface area is 118 Å². The highest BCUT2D eigenvalue weighted by molar-refractivity contribution is 5.47. The molecule has 1 aromatic rings. The normalized spacial score (nSPS) is 21.1. The molecular formula is C17H28N2. The Balaban J connectivity index is 1.80. The monoisotopic (exact) mass is 260 g/mol. The lowest BCUT2D eigenvalue weighted by molar-refractivity contribution is 0.270. The van der Waals surface area contributed by atoms with Crippen molar-refractivity contribution in [1.82, 2.24) is 5.32 Å². The van der Waals surface area contributed by atoms with E-state index in [1.165, 1.54) is 43.6 Å². The van der Waals surface area contributed by atoms with Gasteiger partial charge in [0.05, 0.1) is 0 Å². The molecule has 0 aliphatic carbocycles. The third kappa shape index (κ3) is 4.24. The summed E-state index contributed by atoms with van der Waals surface area (Å²) in [5.41, 5.74) is 2.68. The molecular weight excluding hydrogens is 232 g/mol. The quantitative estimate of drug-likeness (QED) is 0.872. The first-order valence-corrected chi connectivity index (χ1v) is 7.65. The van der Waals surface area contributed by atoms with Gasteiger partial charge in [0.1, 0.15) is 0 Å². The van der Waals surface area contributed by atoms with Crippen LogP contribution in [-0.4, -0.2) is 26.7 Å². The molecule has 0 aromatic heterocycles. The van der Waals surface area contributed by atoms with Crippen molar-refractivity contribution in [2.45, 2.75) is 33.1 Å². The SMILES string of the molecule is Cc1cccc(N(C)CCC(C)C2CCCNC2)c1. The van der Waals surface area contributed by atoms with E-state index in [9.17, 15) is 0 Å². The topological polar surface area (TPSA) is 15.3 Å². The summed E-state index contributed by atoms with van der Waals surface area (Å²) < 4.78 is 0. The van der Waals surface area contributed by atoms with Crippen LogP contribution in [0.15, 0.2) is 24.3 Å². The maximum Gasteiger partial charge on any atom is 0.0366 e. The molecule has 1 fully saturated rings. The molecule has 2 unspecified atom stereocenters. The minimum absolute atomic E-state index is 0.819. The van der Waals surface area contributed by atoms with Crippen molar-refractivity contribution in [3.05, 3.63) is 29.8 Å². The van der Waals surface area contributed by atoms with Gasteiger partial charge in [-0.25, -0.2) is 0 Å². The fraction of sp³-hybridized carbons (Fsp3) is 0.647. The van der Waals surface area contributed by atoms with Crippen LogP contribution in [0.2, 0.25) is 0 Å². The van der Waals surface area contributed by atoms with Crippen LogP contribution in [0.1, 0.15) is 31.7 Å². The van der Waals surface area contributed by atoms with Crippen molar-refractivity contribution in [2.24, 2.45) is 11.8 Å². The highest BCUT2D eigenvalue weighted by Gasteiger charge is 2.19. The molecule has 2 atom stereocenters. The number of benzene rings is 1. The van der Waals surface area contributed by atoms with E-state index in [-0.39, 0.29) is 0 Å². The molecule has 2 nitrogen and oxygen atoms in total. The van der Waals surface area contributed by atoms with Crippen molar-refractivity contribution in [2.75, 3.05) is 31.6 Å². The van der Waals surface area contributed by atoms with Crippen LogP contribution >= 0.6 is 0 Å². The first kappa shape index (κ1) is 14.4. The van der Waals surface area contributed by atoms with E-state index >= 15 is 0 Å². The predicted octanol–water partition coefficient (Wildman–Crippen LogP) is 3.46. The van der Waals surface area contributed by atoms with E-state index in [1.54, 1.807) is 0 Å². The van der Waals surface area contributed by atoms with Gasteiger partial charge in [-0.15, -0.1) is 0 Å². The van der Waals surface area contributed by atoms with E-state index in [4.69, 9.17) is 0 Å². The molecule has 1 saturated heterocycles.